The van der Waals surface area contributed by atoms with E-state index in [1.54, 1.807) is 19.1 Å². The fourth-order valence-corrected chi connectivity index (χ4v) is 5.44. The third-order valence-corrected chi connectivity index (χ3v) is 7.81. The molecule has 1 heterocycles. The Morgan fingerprint density at radius 1 is 1.22 bits per heavy atom. The molecule has 1 aliphatic rings. The van der Waals surface area contributed by atoms with E-state index in [4.69, 9.17) is 4.74 Å². The zero-order valence-corrected chi connectivity index (χ0v) is 24.0. The van der Waals surface area contributed by atoms with Crippen LogP contribution in [0.25, 0.3) is 0 Å². The van der Waals surface area contributed by atoms with Crippen molar-refractivity contribution >= 4 is 17.7 Å². The average molecular weight is 514 g/mol. The molecule has 0 spiro atoms. The number of ether oxygens (including phenoxy) is 1. The SMILES string of the molecule is CC[C@H](C(=O)NCC(=O)N(C)[C@H](/C=C(\C)C(=O)N1CCC[C@H]1COC)C(C)C)C(C)(C)c1ccccc1. The number of likely N-dealkylation sites (N-methyl/N-ethyl adjacent to an activating group) is 1. The number of carbonyl (C=O) groups excluding carboxylic acids is 3. The van der Waals surface area contributed by atoms with Crippen LogP contribution in [0.15, 0.2) is 42.0 Å². The molecule has 0 bridgehead atoms. The summed E-state index contributed by atoms with van der Waals surface area (Å²) in [6.07, 6.45) is 4.47. The lowest BCUT2D eigenvalue weighted by Crippen LogP contribution is -2.48. The molecule has 3 atom stereocenters. The maximum absolute atomic E-state index is 13.2. The van der Waals surface area contributed by atoms with Crippen molar-refractivity contribution < 1.29 is 19.1 Å². The summed E-state index contributed by atoms with van der Waals surface area (Å²) in [7, 11) is 3.39. The molecule has 1 fully saturated rings. The Kier molecular flexibility index (Phi) is 11.4. The lowest BCUT2D eigenvalue weighted by Gasteiger charge is -2.34. The van der Waals surface area contributed by atoms with Gasteiger partial charge in [-0.2, -0.15) is 0 Å². The third-order valence-electron chi connectivity index (χ3n) is 7.81. The van der Waals surface area contributed by atoms with E-state index in [2.05, 4.69) is 19.2 Å². The molecule has 1 N–H and O–H groups in total. The van der Waals surface area contributed by atoms with E-state index in [-0.39, 0.29) is 53.6 Å². The van der Waals surface area contributed by atoms with Crippen molar-refractivity contribution in [1.82, 2.24) is 15.1 Å². The number of carbonyl (C=O) groups is 3. The number of likely N-dealkylation sites (tertiary alicyclic amines) is 1. The van der Waals surface area contributed by atoms with Crippen LogP contribution < -0.4 is 5.32 Å². The van der Waals surface area contributed by atoms with Gasteiger partial charge in [-0.1, -0.05) is 71.0 Å². The summed E-state index contributed by atoms with van der Waals surface area (Å²) in [5.41, 5.74) is 1.35. The number of nitrogens with zero attached hydrogens (tertiary/aromatic N) is 2. The number of rotatable bonds is 12. The molecule has 1 aliphatic heterocycles. The smallest absolute Gasteiger partial charge is 0.249 e. The fraction of sp³-hybridized carbons (Fsp3) is 0.633. The van der Waals surface area contributed by atoms with E-state index in [1.807, 2.05) is 69.0 Å². The first-order valence-corrected chi connectivity index (χ1v) is 13.5. The predicted molar refractivity (Wildman–Crippen MR) is 148 cm³/mol. The van der Waals surface area contributed by atoms with Gasteiger partial charge < -0.3 is 19.9 Å². The van der Waals surface area contributed by atoms with Crippen LogP contribution in [0.1, 0.15) is 66.4 Å². The van der Waals surface area contributed by atoms with E-state index in [0.717, 1.165) is 24.9 Å². The molecule has 1 aromatic carbocycles. The topological polar surface area (TPSA) is 79.0 Å². The number of benzene rings is 1. The van der Waals surface area contributed by atoms with Crippen molar-refractivity contribution in [2.45, 2.75) is 78.3 Å². The summed E-state index contributed by atoms with van der Waals surface area (Å²) in [6.45, 7) is 13.2. The van der Waals surface area contributed by atoms with Gasteiger partial charge in [-0.15, -0.1) is 0 Å². The van der Waals surface area contributed by atoms with Crippen LogP contribution in [0, 0.1) is 11.8 Å². The minimum atomic E-state index is -0.369. The van der Waals surface area contributed by atoms with Crippen LogP contribution in [0.5, 0.6) is 0 Å². The second-order valence-electron chi connectivity index (χ2n) is 11.1. The van der Waals surface area contributed by atoms with Crippen LogP contribution in [0.4, 0.5) is 0 Å². The first kappa shape index (κ1) is 30.6. The van der Waals surface area contributed by atoms with Gasteiger partial charge in [-0.05, 0) is 37.7 Å². The van der Waals surface area contributed by atoms with Gasteiger partial charge in [0.05, 0.1) is 25.2 Å². The maximum atomic E-state index is 13.2. The van der Waals surface area contributed by atoms with Crippen molar-refractivity contribution in [1.29, 1.82) is 0 Å². The Bertz CT molecular complexity index is 941. The number of methoxy groups -OCH3 is 1. The highest BCUT2D eigenvalue weighted by Gasteiger charge is 2.36. The van der Waals surface area contributed by atoms with Crippen LogP contribution in [-0.2, 0) is 24.5 Å². The monoisotopic (exact) mass is 513 g/mol. The standard InChI is InChI=1S/C30H47N3O4/c1-9-25(30(5,6)23-14-11-10-12-15-23)28(35)31-19-27(34)32(7)26(21(2)3)18-22(4)29(36)33-17-13-16-24(33)20-37-8/h10-12,14-15,18,21,24-26H,9,13,16-17,19-20H2,1-8H3,(H,31,35)/b22-18+/t24-,25+,26+/m0/s1. The van der Waals surface area contributed by atoms with Gasteiger partial charge in [0.15, 0.2) is 0 Å². The normalized spacial score (nSPS) is 18.0. The lowest BCUT2D eigenvalue weighted by atomic mass is 9.71. The first-order chi connectivity index (χ1) is 17.4. The molecule has 37 heavy (non-hydrogen) atoms. The number of hydrogen-bond acceptors (Lipinski definition) is 4. The van der Waals surface area contributed by atoms with Gasteiger partial charge in [0.25, 0.3) is 0 Å². The van der Waals surface area contributed by atoms with Crippen LogP contribution >= 0.6 is 0 Å². The Morgan fingerprint density at radius 2 is 1.86 bits per heavy atom. The molecule has 7 nitrogen and oxygen atoms in total. The maximum Gasteiger partial charge on any atom is 0.249 e. The molecule has 0 unspecified atom stereocenters. The third kappa shape index (κ3) is 7.67. The van der Waals surface area contributed by atoms with E-state index < -0.39 is 0 Å². The van der Waals surface area contributed by atoms with Gasteiger partial charge in [-0.25, -0.2) is 0 Å². The molecule has 206 valence electrons. The summed E-state index contributed by atoms with van der Waals surface area (Å²) < 4.78 is 5.29. The zero-order valence-electron chi connectivity index (χ0n) is 24.0. The molecule has 2 rings (SSSR count). The summed E-state index contributed by atoms with van der Waals surface area (Å²) in [4.78, 5) is 43.0. The van der Waals surface area contributed by atoms with Crippen LogP contribution in [0.3, 0.4) is 0 Å². The summed E-state index contributed by atoms with van der Waals surface area (Å²) in [6, 6.07) is 9.84. The fourth-order valence-electron chi connectivity index (χ4n) is 5.44. The Labute approximate surface area is 223 Å². The predicted octanol–water partition coefficient (Wildman–Crippen LogP) is 4.17. The van der Waals surface area contributed by atoms with Gasteiger partial charge >= 0.3 is 0 Å². The average Bonchev–Trinajstić information content (AvgIpc) is 3.33. The molecule has 0 aromatic heterocycles. The number of nitrogens with one attached hydrogen (secondary N) is 1. The zero-order chi connectivity index (χ0) is 27.8. The van der Waals surface area contributed by atoms with Crippen molar-refractivity contribution in [3.8, 4) is 0 Å². The molecule has 0 saturated carbocycles. The van der Waals surface area contributed by atoms with Crippen molar-refractivity contribution in [3.63, 3.8) is 0 Å². The highest BCUT2D eigenvalue weighted by molar-refractivity contribution is 5.93. The highest BCUT2D eigenvalue weighted by atomic mass is 16.5. The molecule has 0 radical (unpaired) electrons. The molecule has 7 heteroatoms. The molecule has 1 aromatic rings. The summed E-state index contributed by atoms with van der Waals surface area (Å²) >= 11 is 0. The minimum Gasteiger partial charge on any atom is -0.383 e. The van der Waals surface area contributed by atoms with Crippen molar-refractivity contribution in [2.75, 3.05) is 33.9 Å². The van der Waals surface area contributed by atoms with Crippen LogP contribution in [-0.4, -0.2) is 73.5 Å². The lowest BCUT2D eigenvalue weighted by molar-refractivity contribution is -0.135. The summed E-state index contributed by atoms with van der Waals surface area (Å²) in [5, 5.41) is 2.88. The van der Waals surface area contributed by atoms with E-state index in [0.29, 0.717) is 18.6 Å². The number of hydrogen-bond donors (Lipinski definition) is 1. The minimum absolute atomic E-state index is 0.00622. The largest absolute Gasteiger partial charge is 0.383 e. The highest BCUT2D eigenvalue weighted by Crippen LogP contribution is 2.34. The van der Waals surface area contributed by atoms with E-state index >= 15 is 0 Å². The molecule has 3 amide bonds. The quantitative estimate of drug-likeness (QED) is 0.426. The van der Waals surface area contributed by atoms with Crippen LogP contribution in [0.2, 0.25) is 0 Å². The molecular weight excluding hydrogens is 466 g/mol. The van der Waals surface area contributed by atoms with Gasteiger partial charge in [0.1, 0.15) is 0 Å². The van der Waals surface area contributed by atoms with Gasteiger partial charge in [0, 0.05) is 37.6 Å². The molecular formula is C30H47N3O4. The Morgan fingerprint density at radius 3 is 2.43 bits per heavy atom. The number of amides is 3. The van der Waals surface area contributed by atoms with Gasteiger partial charge in [-0.3, -0.25) is 14.4 Å². The molecule has 0 aliphatic carbocycles. The molecule has 1 saturated heterocycles. The van der Waals surface area contributed by atoms with Crippen molar-refractivity contribution in [2.24, 2.45) is 11.8 Å². The van der Waals surface area contributed by atoms with Crippen molar-refractivity contribution in [3.05, 3.63) is 47.5 Å². The van der Waals surface area contributed by atoms with E-state index in [1.165, 1.54) is 0 Å². The van der Waals surface area contributed by atoms with E-state index in [9.17, 15) is 14.4 Å². The second-order valence-corrected chi connectivity index (χ2v) is 11.1. The first-order valence-electron chi connectivity index (χ1n) is 13.5. The Balaban J connectivity index is 2.07. The second kappa shape index (κ2) is 13.8. The Hall–Kier alpha value is -2.67. The van der Waals surface area contributed by atoms with Gasteiger partial charge in [0.2, 0.25) is 17.7 Å². The summed E-state index contributed by atoms with van der Waals surface area (Å²) in [5.74, 6) is -0.489.